The van der Waals surface area contributed by atoms with Gasteiger partial charge in [0, 0.05) is 24.1 Å². The van der Waals surface area contributed by atoms with Crippen molar-refractivity contribution in [2.75, 3.05) is 5.32 Å². The fraction of sp³-hybridized carbons (Fsp3) is 0.267. The van der Waals surface area contributed by atoms with Crippen molar-refractivity contribution in [2.24, 2.45) is 0 Å². The maximum Gasteiger partial charge on any atom is 0.104 e. The van der Waals surface area contributed by atoms with E-state index in [4.69, 9.17) is 0 Å². The van der Waals surface area contributed by atoms with Crippen LogP contribution in [0.25, 0.3) is 11.0 Å². The smallest absolute Gasteiger partial charge is 0.104 e. The molecule has 0 bridgehead atoms. The van der Waals surface area contributed by atoms with Gasteiger partial charge in [0.1, 0.15) is 5.82 Å². The number of imidazole rings is 1. The largest absolute Gasteiger partial charge is 0.379 e. The Hall–Kier alpha value is -2.23. The number of rotatable bonds is 4. The van der Waals surface area contributed by atoms with Crippen LogP contribution in [0.2, 0.25) is 0 Å². The van der Waals surface area contributed by atoms with Gasteiger partial charge in [-0.05, 0) is 44.2 Å². The quantitative estimate of drug-likeness (QED) is 0.750. The van der Waals surface area contributed by atoms with Crippen LogP contribution in [0.15, 0.2) is 36.5 Å². The molecule has 4 nitrogen and oxygen atoms in total. The number of nitrogens with one attached hydrogen (secondary N) is 2. The van der Waals surface area contributed by atoms with Crippen LogP contribution in [0.5, 0.6) is 0 Å². The fourth-order valence-corrected chi connectivity index (χ4v) is 2.36. The minimum Gasteiger partial charge on any atom is -0.379 e. The van der Waals surface area contributed by atoms with E-state index in [0.29, 0.717) is 0 Å². The molecule has 0 saturated heterocycles. The summed E-state index contributed by atoms with van der Waals surface area (Å²) in [6.45, 7) is 5.96. The van der Waals surface area contributed by atoms with Gasteiger partial charge in [-0.1, -0.05) is 0 Å². The number of hydrogen-bond donors (Lipinski definition) is 2. The molecule has 0 aliphatic heterocycles. The molecule has 2 N–H and O–H groups in total. The second kappa shape index (κ2) is 4.80. The molecule has 0 aliphatic rings. The van der Waals surface area contributed by atoms with Gasteiger partial charge in [0.05, 0.1) is 17.6 Å². The lowest BCUT2D eigenvalue weighted by molar-refractivity contribution is 0.724. The van der Waals surface area contributed by atoms with E-state index in [0.717, 1.165) is 35.6 Å². The van der Waals surface area contributed by atoms with E-state index < -0.39 is 0 Å². The predicted octanol–water partition coefficient (Wildman–Crippen LogP) is 3.30. The van der Waals surface area contributed by atoms with Crippen molar-refractivity contribution in [1.82, 2.24) is 14.5 Å². The third kappa shape index (κ3) is 2.34. The molecule has 0 saturated carbocycles. The van der Waals surface area contributed by atoms with Crippen LogP contribution < -0.4 is 5.32 Å². The third-order valence-corrected chi connectivity index (χ3v) is 3.34. The highest BCUT2D eigenvalue weighted by Crippen LogP contribution is 2.17. The van der Waals surface area contributed by atoms with Gasteiger partial charge >= 0.3 is 0 Å². The number of aromatic nitrogens is 3. The maximum atomic E-state index is 4.40. The molecule has 2 aromatic heterocycles. The van der Waals surface area contributed by atoms with Crippen molar-refractivity contribution < 1.29 is 0 Å². The van der Waals surface area contributed by atoms with Gasteiger partial charge in [0.25, 0.3) is 0 Å². The van der Waals surface area contributed by atoms with Crippen LogP contribution in [0, 0.1) is 6.92 Å². The molecule has 0 spiro atoms. The first-order valence-electron chi connectivity index (χ1n) is 6.60. The molecule has 98 valence electrons. The number of fused-ring (bicyclic) bond motifs is 1. The van der Waals surface area contributed by atoms with E-state index in [9.17, 15) is 0 Å². The van der Waals surface area contributed by atoms with Gasteiger partial charge in [-0.2, -0.15) is 0 Å². The van der Waals surface area contributed by atoms with Crippen LogP contribution in [0.1, 0.15) is 18.4 Å². The van der Waals surface area contributed by atoms with Gasteiger partial charge in [-0.15, -0.1) is 0 Å². The van der Waals surface area contributed by atoms with Gasteiger partial charge in [0.15, 0.2) is 0 Å². The molecule has 0 radical (unpaired) electrons. The second-order valence-corrected chi connectivity index (χ2v) is 4.69. The first-order chi connectivity index (χ1) is 9.26. The Morgan fingerprint density at radius 3 is 3.05 bits per heavy atom. The van der Waals surface area contributed by atoms with Crippen molar-refractivity contribution in [1.29, 1.82) is 0 Å². The van der Waals surface area contributed by atoms with Gasteiger partial charge < -0.3 is 14.9 Å². The fourth-order valence-electron chi connectivity index (χ4n) is 2.36. The first kappa shape index (κ1) is 11.8. The summed E-state index contributed by atoms with van der Waals surface area (Å²) in [6, 6.07) is 10.5. The van der Waals surface area contributed by atoms with Crippen molar-refractivity contribution >= 4 is 16.7 Å². The lowest BCUT2D eigenvalue weighted by atomic mass is 10.2. The zero-order valence-electron chi connectivity index (χ0n) is 11.3. The monoisotopic (exact) mass is 254 g/mol. The Bertz CT molecular complexity index is 693. The van der Waals surface area contributed by atoms with Crippen LogP contribution in [-0.2, 0) is 13.1 Å². The minimum absolute atomic E-state index is 0.833. The Morgan fingerprint density at radius 2 is 2.21 bits per heavy atom. The number of H-pyrrole nitrogens is 1. The van der Waals surface area contributed by atoms with Crippen molar-refractivity contribution in [3.63, 3.8) is 0 Å². The summed E-state index contributed by atoms with van der Waals surface area (Å²) in [5.74, 6) is 0.951. The van der Waals surface area contributed by atoms with Crippen LogP contribution in [0.3, 0.4) is 0 Å². The summed E-state index contributed by atoms with van der Waals surface area (Å²) < 4.78 is 2.24. The summed E-state index contributed by atoms with van der Waals surface area (Å²) in [5.41, 5.74) is 4.50. The van der Waals surface area contributed by atoms with E-state index in [2.05, 4.69) is 57.2 Å². The molecule has 3 aromatic rings. The van der Waals surface area contributed by atoms with Crippen molar-refractivity contribution in [3.8, 4) is 0 Å². The number of aromatic amines is 1. The standard InChI is InChI=1S/C15H18N4/c1-3-19-8-4-5-13(19)10-16-12-6-7-14-15(9-12)18-11(2)17-14/h4-9,16H,3,10H2,1-2H3,(H,17,18). The van der Waals surface area contributed by atoms with Crippen LogP contribution >= 0.6 is 0 Å². The molecule has 0 unspecified atom stereocenters. The number of benzene rings is 1. The summed E-state index contributed by atoms with van der Waals surface area (Å²) in [5, 5.41) is 3.45. The summed E-state index contributed by atoms with van der Waals surface area (Å²) in [6.07, 6.45) is 2.11. The molecule has 0 fully saturated rings. The molecular weight excluding hydrogens is 236 g/mol. The molecule has 0 atom stereocenters. The normalized spacial score (nSPS) is 11.1. The number of nitrogens with zero attached hydrogens (tertiary/aromatic N) is 2. The molecule has 0 amide bonds. The van der Waals surface area contributed by atoms with Gasteiger partial charge in [-0.25, -0.2) is 4.98 Å². The third-order valence-electron chi connectivity index (χ3n) is 3.34. The SMILES string of the molecule is CCn1cccc1CNc1ccc2nc(C)[nH]c2c1. The zero-order chi connectivity index (χ0) is 13.2. The first-order valence-corrected chi connectivity index (χ1v) is 6.60. The second-order valence-electron chi connectivity index (χ2n) is 4.69. The Morgan fingerprint density at radius 1 is 1.32 bits per heavy atom. The minimum atomic E-state index is 0.833. The lowest BCUT2D eigenvalue weighted by Gasteiger charge is -2.09. The molecule has 0 aliphatic carbocycles. The molecule has 1 aromatic carbocycles. The van der Waals surface area contributed by atoms with E-state index in [-0.39, 0.29) is 0 Å². The molecular formula is C15H18N4. The average Bonchev–Trinajstić information content (AvgIpc) is 3.00. The van der Waals surface area contributed by atoms with Gasteiger partial charge in [0.2, 0.25) is 0 Å². The summed E-state index contributed by atoms with van der Waals surface area (Å²) >= 11 is 0. The van der Waals surface area contributed by atoms with Crippen molar-refractivity contribution in [2.45, 2.75) is 26.9 Å². The number of aryl methyl sites for hydroxylation is 2. The Kier molecular flexibility index (Phi) is 2.99. The maximum absolute atomic E-state index is 4.40. The van der Waals surface area contributed by atoms with E-state index in [1.807, 2.05) is 13.0 Å². The van der Waals surface area contributed by atoms with Crippen LogP contribution in [-0.4, -0.2) is 14.5 Å². The number of hydrogen-bond acceptors (Lipinski definition) is 2. The highest BCUT2D eigenvalue weighted by molar-refractivity contribution is 5.79. The highest BCUT2D eigenvalue weighted by Gasteiger charge is 2.02. The van der Waals surface area contributed by atoms with E-state index in [1.165, 1.54) is 5.69 Å². The molecule has 2 heterocycles. The summed E-state index contributed by atoms with van der Waals surface area (Å²) in [7, 11) is 0. The Balaban J connectivity index is 1.78. The van der Waals surface area contributed by atoms with E-state index >= 15 is 0 Å². The molecule has 4 heteroatoms. The predicted molar refractivity (Wildman–Crippen MR) is 78.3 cm³/mol. The van der Waals surface area contributed by atoms with Gasteiger partial charge in [-0.3, -0.25) is 0 Å². The Labute approximate surface area is 112 Å². The summed E-state index contributed by atoms with van der Waals surface area (Å²) in [4.78, 5) is 7.66. The highest BCUT2D eigenvalue weighted by atomic mass is 15.0. The topological polar surface area (TPSA) is 45.6 Å². The lowest BCUT2D eigenvalue weighted by Crippen LogP contribution is -2.05. The van der Waals surface area contributed by atoms with Crippen molar-refractivity contribution in [3.05, 3.63) is 48.0 Å². The average molecular weight is 254 g/mol. The van der Waals surface area contributed by atoms with E-state index in [1.54, 1.807) is 0 Å². The molecule has 3 rings (SSSR count). The zero-order valence-corrected chi connectivity index (χ0v) is 11.3. The number of anilines is 1. The van der Waals surface area contributed by atoms with Crippen LogP contribution in [0.4, 0.5) is 5.69 Å². The molecule has 19 heavy (non-hydrogen) atoms.